The first-order valence-electron chi connectivity index (χ1n) is 8.16. The summed E-state index contributed by atoms with van der Waals surface area (Å²) in [5.74, 6) is 1.75. The first kappa shape index (κ1) is 14.7. The monoisotopic (exact) mass is 300 g/mol. The summed E-state index contributed by atoms with van der Waals surface area (Å²) < 4.78 is 0. The molecule has 0 unspecified atom stereocenters. The van der Waals surface area contributed by atoms with E-state index in [4.69, 9.17) is 0 Å². The third kappa shape index (κ3) is 3.52. The van der Waals surface area contributed by atoms with Gasteiger partial charge in [-0.25, -0.2) is 0 Å². The average Bonchev–Trinajstić information content (AvgIpc) is 2.95. The first-order chi connectivity index (χ1) is 10.3. The molecule has 21 heavy (non-hydrogen) atoms. The molecule has 1 aliphatic rings. The van der Waals surface area contributed by atoms with Crippen molar-refractivity contribution in [2.24, 2.45) is 5.92 Å². The fourth-order valence-corrected chi connectivity index (χ4v) is 4.20. The Bertz CT molecular complexity index is 565. The average molecular weight is 300 g/mol. The molecule has 3 rings (SSSR count). The van der Waals surface area contributed by atoms with Crippen molar-refractivity contribution >= 4 is 11.3 Å². The van der Waals surface area contributed by atoms with Crippen LogP contribution in [0.3, 0.4) is 0 Å². The van der Waals surface area contributed by atoms with Crippen LogP contribution < -0.4 is 0 Å². The third-order valence-electron chi connectivity index (χ3n) is 4.70. The van der Waals surface area contributed by atoms with Gasteiger partial charge in [-0.05, 0) is 50.0 Å². The molecule has 0 radical (unpaired) electrons. The molecule has 112 valence electrons. The number of aryl methyl sites for hydroxylation is 1. The zero-order valence-corrected chi connectivity index (χ0v) is 13.8. The molecule has 0 atom stereocenters. The van der Waals surface area contributed by atoms with Crippen molar-refractivity contribution in [3.8, 4) is 10.6 Å². The summed E-state index contributed by atoms with van der Waals surface area (Å²) in [6, 6.07) is 9.04. The van der Waals surface area contributed by atoms with Crippen LogP contribution in [-0.2, 0) is 0 Å². The van der Waals surface area contributed by atoms with Crippen molar-refractivity contribution in [3.05, 3.63) is 34.8 Å². The Morgan fingerprint density at radius 1 is 1.05 bits per heavy atom. The zero-order valence-electron chi connectivity index (χ0n) is 13.0. The van der Waals surface area contributed by atoms with Crippen LogP contribution in [0.5, 0.6) is 0 Å². The maximum absolute atomic E-state index is 4.23. The molecule has 0 bridgehead atoms. The van der Waals surface area contributed by atoms with E-state index in [1.165, 1.54) is 49.7 Å². The van der Waals surface area contributed by atoms with Crippen LogP contribution >= 0.6 is 11.3 Å². The molecule has 1 fully saturated rings. The van der Waals surface area contributed by atoms with Crippen molar-refractivity contribution in [1.29, 1.82) is 0 Å². The van der Waals surface area contributed by atoms with Crippen molar-refractivity contribution in [2.45, 2.75) is 58.3 Å². The standard InChI is InChI=1S/C18H24N2S/c1-3-4-14-5-7-15(8-6-14)16-9-11-17(12-10-16)18-20-19-13(2)21-18/h9-12,14-15H,3-8H2,1-2H3/t14-,15-. The lowest BCUT2D eigenvalue weighted by Gasteiger charge is -2.28. The maximum atomic E-state index is 4.23. The van der Waals surface area contributed by atoms with Gasteiger partial charge in [0.15, 0.2) is 0 Å². The number of hydrogen-bond donors (Lipinski definition) is 0. The predicted octanol–water partition coefficient (Wildman–Crippen LogP) is 5.59. The Balaban J connectivity index is 1.65. The van der Waals surface area contributed by atoms with Crippen LogP contribution in [0, 0.1) is 12.8 Å². The molecule has 2 nitrogen and oxygen atoms in total. The minimum Gasteiger partial charge on any atom is -0.143 e. The van der Waals surface area contributed by atoms with Gasteiger partial charge in [0.1, 0.15) is 10.0 Å². The normalized spacial score (nSPS) is 22.4. The van der Waals surface area contributed by atoms with Gasteiger partial charge in [-0.1, -0.05) is 55.4 Å². The fraction of sp³-hybridized carbons (Fsp3) is 0.556. The highest BCUT2D eigenvalue weighted by Crippen LogP contribution is 2.38. The second kappa shape index (κ2) is 6.69. The second-order valence-corrected chi connectivity index (χ2v) is 7.44. The van der Waals surface area contributed by atoms with Gasteiger partial charge in [0, 0.05) is 5.56 Å². The van der Waals surface area contributed by atoms with Gasteiger partial charge >= 0.3 is 0 Å². The van der Waals surface area contributed by atoms with Crippen LogP contribution in [0.15, 0.2) is 24.3 Å². The minimum absolute atomic E-state index is 0.767. The van der Waals surface area contributed by atoms with Crippen LogP contribution in [0.25, 0.3) is 10.6 Å². The lowest BCUT2D eigenvalue weighted by molar-refractivity contribution is 0.308. The molecule has 1 heterocycles. The van der Waals surface area contributed by atoms with Crippen LogP contribution in [-0.4, -0.2) is 10.2 Å². The Morgan fingerprint density at radius 3 is 2.33 bits per heavy atom. The molecule has 0 saturated heterocycles. The molecule has 1 saturated carbocycles. The number of rotatable bonds is 4. The molecule has 1 aromatic carbocycles. The smallest absolute Gasteiger partial charge is 0.143 e. The fourth-order valence-electron chi connectivity index (χ4n) is 3.50. The number of hydrogen-bond acceptors (Lipinski definition) is 3. The number of aromatic nitrogens is 2. The maximum Gasteiger partial charge on any atom is 0.147 e. The molecule has 0 N–H and O–H groups in total. The van der Waals surface area contributed by atoms with E-state index in [0.717, 1.165) is 21.9 Å². The summed E-state index contributed by atoms with van der Waals surface area (Å²) in [7, 11) is 0. The van der Waals surface area contributed by atoms with Gasteiger partial charge in [-0.15, -0.1) is 10.2 Å². The zero-order chi connectivity index (χ0) is 14.7. The van der Waals surface area contributed by atoms with Gasteiger partial charge in [-0.2, -0.15) is 0 Å². The molecule has 3 heteroatoms. The van der Waals surface area contributed by atoms with Gasteiger partial charge in [0.25, 0.3) is 0 Å². The Kier molecular flexibility index (Phi) is 4.69. The minimum atomic E-state index is 0.767. The van der Waals surface area contributed by atoms with E-state index < -0.39 is 0 Å². The highest BCUT2D eigenvalue weighted by atomic mass is 32.1. The summed E-state index contributed by atoms with van der Waals surface area (Å²) in [5.41, 5.74) is 2.71. The summed E-state index contributed by atoms with van der Waals surface area (Å²) in [6.07, 6.45) is 8.31. The molecule has 0 amide bonds. The predicted molar refractivity (Wildman–Crippen MR) is 89.7 cm³/mol. The first-order valence-corrected chi connectivity index (χ1v) is 8.98. The second-order valence-electron chi connectivity index (χ2n) is 6.25. The van der Waals surface area contributed by atoms with E-state index in [1.807, 2.05) is 6.92 Å². The van der Waals surface area contributed by atoms with Crippen LogP contribution in [0.2, 0.25) is 0 Å². The van der Waals surface area contributed by atoms with Crippen molar-refractivity contribution in [1.82, 2.24) is 10.2 Å². The van der Waals surface area contributed by atoms with Crippen molar-refractivity contribution < 1.29 is 0 Å². The van der Waals surface area contributed by atoms with E-state index >= 15 is 0 Å². The largest absolute Gasteiger partial charge is 0.147 e. The van der Waals surface area contributed by atoms with E-state index in [2.05, 4.69) is 41.4 Å². The Morgan fingerprint density at radius 2 is 1.76 bits per heavy atom. The van der Waals surface area contributed by atoms with Crippen LogP contribution in [0.4, 0.5) is 0 Å². The SMILES string of the molecule is CCC[C@H]1CC[C@H](c2ccc(-c3nnc(C)s3)cc2)CC1. The van der Waals surface area contributed by atoms with E-state index in [0.29, 0.717) is 0 Å². The molecule has 1 aliphatic carbocycles. The molecular formula is C18H24N2S. The van der Waals surface area contributed by atoms with Gasteiger partial charge in [-0.3, -0.25) is 0 Å². The number of benzene rings is 1. The van der Waals surface area contributed by atoms with Crippen LogP contribution in [0.1, 0.15) is 61.9 Å². The third-order valence-corrected chi connectivity index (χ3v) is 5.59. The molecule has 1 aromatic heterocycles. The highest BCUT2D eigenvalue weighted by Gasteiger charge is 2.21. The van der Waals surface area contributed by atoms with E-state index in [9.17, 15) is 0 Å². The summed E-state index contributed by atoms with van der Waals surface area (Å²) in [4.78, 5) is 0. The Hall–Kier alpha value is -1.22. The van der Waals surface area contributed by atoms with Gasteiger partial charge < -0.3 is 0 Å². The molecule has 0 spiro atoms. The summed E-state index contributed by atoms with van der Waals surface area (Å²) in [5, 5.41) is 10.4. The lowest BCUT2D eigenvalue weighted by atomic mass is 9.77. The summed E-state index contributed by atoms with van der Waals surface area (Å²) >= 11 is 1.67. The lowest BCUT2D eigenvalue weighted by Crippen LogP contribution is -2.13. The molecule has 2 aromatic rings. The Labute approximate surface area is 131 Å². The molecular weight excluding hydrogens is 276 g/mol. The van der Waals surface area contributed by atoms with E-state index in [1.54, 1.807) is 11.3 Å². The quantitative estimate of drug-likeness (QED) is 0.735. The van der Waals surface area contributed by atoms with Crippen molar-refractivity contribution in [3.63, 3.8) is 0 Å². The topological polar surface area (TPSA) is 25.8 Å². The van der Waals surface area contributed by atoms with Gasteiger partial charge in [0.2, 0.25) is 0 Å². The highest BCUT2D eigenvalue weighted by molar-refractivity contribution is 7.14. The number of nitrogens with zero attached hydrogens (tertiary/aromatic N) is 2. The summed E-state index contributed by atoms with van der Waals surface area (Å²) in [6.45, 7) is 4.31. The van der Waals surface area contributed by atoms with E-state index in [-0.39, 0.29) is 0 Å². The van der Waals surface area contributed by atoms with Gasteiger partial charge in [0.05, 0.1) is 0 Å². The molecule has 0 aliphatic heterocycles. The van der Waals surface area contributed by atoms with Crippen molar-refractivity contribution in [2.75, 3.05) is 0 Å².